The minimum Gasteiger partial charge on any atom is -0.207 e. The summed E-state index contributed by atoms with van der Waals surface area (Å²) in [5.74, 6) is -1.71. The predicted molar refractivity (Wildman–Crippen MR) is 71.2 cm³/mol. The van der Waals surface area contributed by atoms with Gasteiger partial charge in [-0.3, -0.25) is 0 Å². The van der Waals surface area contributed by atoms with Gasteiger partial charge in [-0.15, -0.1) is 0 Å². The summed E-state index contributed by atoms with van der Waals surface area (Å²) in [5, 5.41) is 0. The molecule has 0 spiro atoms. The molecule has 0 radical (unpaired) electrons. The van der Waals surface area contributed by atoms with Crippen molar-refractivity contribution >= 4 is 31.9 Å². The van der Waals surface area contributed by atoms with E-state index < -0.39 is 22.3 Å². The smallest absolute Gasteiger partial charge is 0.131 e. The lowest BCUT2D eigenvalue weighted by molar-refractivity contribution is 0.559. The maximum atomic E-state index is 13.8. The maximum absolute atomic E-state index is 13.8. The van der Waals surface area contributed by atoms with Crippen LogP contribution >= 0.6 is 31.9 Å². The molecule has 0 saturated carbocycles. The summed E-state index contributed by atoms with van der Waals surface area (Å²) in [6.45, 7) is 0. The van der Waals surface area contributed by atoms with Crippen LogP contribution in [0.2, 0.25) is 0 Å². The summed E-state index contributed by atoms with van der Waals surface area (Å²) in [5.41, 5.74) is 0.487. The summed E-state index contributed by atoms with van der Waals surface area (Å²) >= 11 is 6.24. The highest BCUT2D eigenvalue weighted by Crippen LogP contribution is 2.35. The minimum absolute atomic E-state index is 0.0928. The summed E-state index contributed by atoms with van der Waals surface area (Å²) < 4.78 is 40.6. The van der Waals surface area contributed by atoms with E-state index >= 15 is 0 Å². The molecule has 1 unspecified atom stereocenters. The highest BCUT2D eigenvalue weighted by atomic mass is 79.9. The largest absolute Gasteiger partial charge is 0.207 e. The van der Waals surface area contributed by atoms with Crippen LogP contribution in [0.4, 0.5) is 13.2 Å². The summed E-state index contributed by atoms with van der Waals surface area (Å²) in [6.07, 6.45) is 0. The Labute approximate surface area is 119 Å². The van der Waals surface area contributed by atoms with Gasteiger partial charge in [-0.2, -0.15) is 0 Å². The second-order valence-electron chi connectivity index (χ2n) is 3.70. The summed E-state index contributed by atoms with van der Waals surface area (Å²) in [6, 6.07) is 7.84. The van der Waals surface area contributed by atoms with Crippen molar-refractivity contribution in [3.05, 3.63) is 69.4 Å². The van der Waals surface area contributed by atoms with E-state index in [0.29, 0.717) is 10.0 Å². The molecule has 0 saturated heterocycles. The Bertz CT molecular complexity index is 544. The maximum Gasteiger partial charge on any atom is 0.131 e. The molecule has 0 aliphatic rings. The molecule has 1 atom stereocenters. The lowest BCUT2D eigenvalue weighted by Crippen LogP contribution is -2.01. The normalized spacial score (nSPS) is 12.5. The molecule has 0 heterocycles. The van der Waals surface area contributed by atoms with E-state index in [9.17, 15) is 13.2 Å². The number of hydrogen-bond donors (Lipinski definition) is 0. The molecule has 0 amide bonds. The van der Waals surface area contributed by atoms with Crippen molar-refractivity contribution in [1.82, 2.24) is 0 Å². The van der Waals surface area contributed by atoms with E-state index in [1.807, 2.05) is 0 Å². The standard InChI is InChI=1S/C13H7Br2F3/c14-8-5-10(17)12(11(18)6-8)13(15)7-1-3-9(16)4-2-7/h1-6,13H. The van der Waals surface area contributed by atoms with Crippen LogP contribution < -0.4 is 0 Å². The zero-order chi connectivity index (χ0) is 13.3. The fourth-order valence-corrected chi connectivity index (χ4v) is 2.74. The molecule has 0 fully saturated rings. The van der Waals surface area contributed by atoms with Crippen LogP contribution in [-0.4, -0.2) is 0 Å². The van der Waals surface area contributed by atoms with Gasteiger partial charge in [0.2, 0.25) is 0 Å². The Balaban J connectivity index is 2.46. The summed E-state index contributed by atoms with van der Waals surface area (Å²) in [7, 11) is 0. The Kier molecular flexibility index (Phi) is 4.12. The number of rotatable bonds is 2. The van der Waals surface area contributed by atoms with E-state index in [4.69, 9.17) is 0 Å². The highest BCUT2D eigenvalue weighted by molar-refractivity contribution is 9.10. The quantitative estimate of drug-likeness (QED) is 0.617. The van der Waals surface area contributed by atoms with Gasteiger partial charge in [-0.25, -0.2) is 13.2 Å². The van der Waals surface area contributed by atoms with E-state index in [-0.39, 0.29) is 5.56 Å². The van der Waals surface area contributed by atoms with E-state index in [1.54, 1.807) is 0 Å². The predicted octanol–water partition coefficient (Wildman–Crippen LogP) is 5.35. The second kappa shape index (κ2) is 5.45. The Morgan fingerprint density at radius 3 is 1.89 bits per heavy atom. The third-order valence-electron chi connectivity index (χ3n) is 2.46. The molecule has 94 valence electrons. The monoisotopic (exact) mass is 378 g/mol. The van der Waals surface area contributed by atoms with Crippen LogP contribution in [0.5, 0.6) is 0 Å². The van der Waals surface area contributed by atoms with Crippen molar-refractivity contribution in [3.63, 3.8) is 0 Å². The SMILES string of the molecule is Fc1ccc(C(Br)c2c(F)cc(Br)cc2F)cc1. The molecule has 0 nitrogen and oxygen atoms in total. The van der Waals surface area contributed by atoms with Crippen molar-refractivity contribution in [1.29, 1.82) is 0 Å². The highest BCUT2D eigenvalue weighted by Gasteiger charge is 2.20. The molecular weight excluding hydrogens is 373 g/mol. The van der Waals surface area contributed by atoms with Crippen LogP contribution in [0.25, 0.3) is 0 Å². The van der Waals surface area contributed by atoms with Crippen molar-refractivity contribution < 1.29 is 13.2 Å². The average molecular weight is 380 g/mol. The van der Waals surface area contributed by atoms with Gasteiger partial charge in [0.1, 0.15) is 17.5 Å². The van der Waals surface area contributed by atoms with Crippen LogP contribution in [-0.2, 0) is 0 Å². The first kappa shape index (κ1) is 13.6. The minimum atomic E-state index is -0.661. The number of alkyl halides is 1. The fourth-order valence-electron chi connectivity index (χ4n) is 1.59. The van der Waals surface area contributed by atoms with Crippen LogP contribution in [0.3, 0.4) is 0 Å². The average Bonchev–Trinajstić information content (AvgIpc) is 2.28. The van der Waals surface area contributed by atoms with Crippen molar-refractivity contribution in [2.24, 2.45) is 0 Å². The van der Waals surface area contributed by atoms with Gasteiger partial charge in [0.25, 0.3) is 0 Å². The van der Waals surface area contributed by atoms with E-state index in [2.05, 4.69) is 31.9 Å². The fraction of sp³-hybridized carbons (Fsp3) is 0.0769. The molecule has 0 aliphatic carbocycles. The molecule has 0 aromatic heterocycles. The summed E-state index contributed by atoms with van der Waals surface area (Å²) in [4.78, 5) is -0.661. The zero-order valence-electron chi connectivity index (χ0n) is 8.93. The van der Waals surface area contributed by atoms with Gasteiger partial charge in [0, 0.05) is 10.0 Å². The van der Waals surface area contributed by atoms with Gasteiger partial charge in [0.15, 0.2) is 0 Å². The third kappa shape index (κ3) is 2.78. The van der Waals surface area contributed by atoms with E-state index in [0.717, 1.165) is 0 Å². The van der Waals surface area contributed by atoms with Crippen LogP contribution in [0, 0.1) is 17.5 Å². The van der Waals surface area contributed by atoms with Gasteiger partial charge in [-0.05, 0) is 29.8 Å². The Hall–Kier alpha value is -0.810. The molecule has 18 heavy (non-hydrogen) atoms. The Morgan fingerprint density at radius 2 is 1.39 bits per heavy atom. The molecule has 0 bridgehead atoms. The van der Waals surface area contributed by atoms with Gasteiger partial charge in [-0.1, -0.05) is 44.0 Å². The first-order valence-electron chi connectivity index (χ1n) is 5.03. The molecule has 5 heteroatoms. The second-order valence-corrected chi connectivity index (χ2v) is 5.53. The first-order chi connectivity index (χ1) is 8.49. The van der Waals surface area contributed by atoms with Crippen LogP contribution in [0.15, 0.2) is 40.9 Å². The van der Waals surface area contributed by atoms with E-state index in [1.165, 1.54) is 36.4 Å². The molecule has 0 aliphatic heterocycles. The van der Waals surface area contributed by atoms with Crippen molar-refractivity contribution in [2.75, 3.05) is 0 Å². The first-order valence-corrected chi connectivity index (χ1v) is 6.74. The van der Waals surface area contributed by atoms with Gasteiger partial charge < -0.3 is 0 Å². The molecule has 0 N–H and O–H groups in total. The lowest BCUT2D eigenvalue weighted by Gasteiger charge is -2.13. The number of halogens is 5. The molecule has 2 aromatic rings. The lowest BCUT2D eigenvalue weighted by atomic mass is 10.0. The number of hydrogen-bond acceptors (Lipinski definition) is 0. The van der Waals surface area contributed by atoms with Crippen molar-refractivity contribution in [2.45, 2.75) is 4.83 Å². The molecular formula is C13H7Br2F3. The van der Waals surface area contributed by atoms with Crippen LogP contribution in [0.1, 0.15) is 16.0 Å². The van der Waals surface area contributed by atoms with Crippen molar-refractivity contribution in [3.8, 4) is 0 Å². The molecule has 2 rings (SSSR count). The zero-order valence-corrected chi connectivity index (χ0v) is 12.1. The Morgan fingerprint density at radius 1 is 0.889 bits per heavy atom. The number of benzene rings is 2. The van der Waals surface area contributed by atoms with Gasteiger partial charge in [0.05, 0.1) is 4.83 Å². The molecule has 2 aromatic carbocycles. The topological polar surface area (TPSA) is 0 Å². The van der Waals surface area contributed by atoms with Gasteiger partial charge >= 0.3 is 0 Å². The third-order valence-corrected chi connectivity index (χ3v) is 3.90.